The lowest BCUT2D eigenvalue weighted by Crippen LogP contribution is -2.16. The van der Waals surface area contributed by atoms with Gasteiger partial charge < -0.3 is 15.0 Å². The Balaban J connectivity index is 1.35. The zero-order chi connectivity index (χ0) is 20.8. The van der Waals surface area contributed by atoms with Crippen molar-refractivity contribution in [1.82, 2.24) is 9.97 Å². The van der Waals surface area contributed by atoms with Gasteiger partial charge in [0.25, 0.3) is 5.56 Å². The lowest BCUT2D eigenvalue weighted by Gasteiger charge is -2.08. The molecule has 0 aliphatic rings. The van der Waals surface area contributed by atoms with Gasteiger partial charge in [0.15, 0.2) is 5.16 Å². The summed E-state index contributed by atoms with van der Waals surface area (Å²) in [6.07, 6.45) is 0. The quantitative estimate of drug-likeness (QED) is 0.347. The highest BCUT2D eigenvalue weighted by molar-refractivity contribution is 7.99. The number of aromatic amines is 1. The van der Waals surface area contributed by atoms with Crippen molar-refractivity contribution >= 4 is 34.1 Å². The number of para-hydroxylation sites is 1. The number of thioether (sulfide) groups is 1. The lowest BCUT2D eigenvalue weighted by atomic mass is 10.1. The van der Waals surface area contributed by atoms with Gasteiger partial charge in [0, 0.05) is 11.8 Å². The van der Waals surface area contributed by atoms with E-state index in [0.717, 1.165) is 16.5 Å². The van der Waals surface area contributed by atoms with Gasteiger partial charge in [-0.1, -0.05) is 60.3 Å². The van der Waals surface area contributed by atoms with Gasteiger partial charge in [-0.2, -0.15) is 0 Å². The number of hydrogen-bond donors (Lipinski definition) is 2. The number of ether oxygens (including phenoxy) is 1. The fourth-order valence-corrected chi connectivity index (χ4v) is 3.59. The number of benzene rings is 3. The summed E-state index contributed by atoms with van der Waals surface area (Å²) in [5, 5.41) is 5.42. The van der Waals surface area contributed by atoms with Gasteiger partial charge in [-0.05, 0) is 35.0 Å². The van der Waals surface area contributed by atoms with Crippen LogP contribution in [-0.4, -0.2) is 21.6 Å². The molecule has 6 nitrogen and oxygen atoms in total. The number of fused-ring (bicyclic) bond motifs is 1. The van der Waals surface area contributed by atoms with E-state index in [-0.39, 0.29) is 23.8 Å². The van der Waals surface area contributed by atoms with Crippen molar-refractivity contribution in [2.24, 2.45) is 0 Å². The molecular formula is C23H19N3O3S. The van der Waals surface area contributed by atoms with Crippen LogP contribution in [0.3, 0.4) is 0 Å². The number of carbonyl (C=O) groups is 1. The summed E-state index contributed by atoms with van der Waals surface area (Å²) in [5.41, 5.74) is 0.944. The summed E-state index contributed by atoms with van der Waals surface area (Å²) >= 11 is 1.17. The van der Waals surface area contributed by atoms with Crippen LogP contribution >= 0.6 is 11.8 Å². The van der Waals surface area contributed by atoms with E-state index in [9.17, 15) is 9.59 Å². The Hall–Kier alpha value is -3.58. The van der Waals surface area contributed by atoms with Gasteiger partial charge in [-0.3, -0.25) is 9.59 Å². The maximum Gasteiger partial charge on any atom is 0.251 e. The van der Waals surface area contributed by atoms with Crippen molar-refractivity contribution in [3.05, 3.63) is 94.9 Å². The summed E-state index contributed by atoms with van der Waals surface area (Å²) in [4.78, 5) is 31.3. The molecule has 0 aliphatic carbocycles. The van der Waals surface area contributed by atoms with E-state index >= 15 is 0 Å². The number of rotatable bonds is 7. The fourth-order valence-electron chi connectivity index (χ4n) is 2.90. The topological polar surface area (TPSA) is 84.1 Å². The van der Waals surface area contributed by atoms with Crippen molar-refractivity contribution in [3.63, 3.8) is 0 Å². The Labute approximate surface area is 177 Å². The Morgan fingerprint density at radius 2 is 1.73 bits per heavy atom. The average molecular weight is 417 g/mol. The van der Waals surface area contributed by atoms with E-state index in [4.69, 9.17) is 4.74 Å². The molecule has 7 heteroatoms. The number of nitrogens with one attached hydrogen (secondary N) is 2. The first-order chi connectivity index (χ1) is 14.7. The van der Waals surface area contributed by atoms with Crippen LogP contribution in [0.25, 0.3) is 10.8 Å². The Bertz CT molecular complexity index is 1230. The first-order valence-corrected chi connectivity index (χ1v) is 10.3. The molecule has 0 saturated heterocycles. The average Bonchev–Trinajstić information content (AvgIpc) is 2.77. The molecule has 30 heavy (non-hydrogen) atoms. The van der Waals surface area contributed by atoms with Crippen LogP contribution < -0.4 is 15.6 Å². The van der Waals surface area contributed by atoms with Gasteiger partial charge in [-0.15, -0.1) is 0 Å². The number of anilines is 1. The van der Waals surface area contributed by atoms with Crippen molar-refractivity contribution in [2.45, 2.75) is 11.8 Å². The van der Waals surface area contributed by atoms with Crippen molar-refractivity contribution in [3.8, 4) is 5.75 Å². The zero-order valence-electron chi connectivity index (χ0n) is 16.0. The first-order valence-electron chi connectivity index (χ1n) is 9.35. The summed E-state index contributed by atoms with van der Waals surface area (Å²) in [7, 11) is 0. The molecule has 0 saturated carbocycles. The molecular weight excluding hydrogens is 398 g/mol. The van der Waals surface area contributed by atoms with Gasteiger partial charge in [0.2, 0.25) is 5.91 Å². The maximum absolute atomic E-state index is 12.3. The fraction of sp³-hybridized carbons (Fsp3) is 0.0870. The van der Waals surface area contributed by atoms with E-state index in [1.807, 2.05) is 72.8 Å². The van der Waals surface area contributed by atoms with Gasteiger partial charge in [-0.25, -0.2) is 4.98 Å². The highest BCUT2D eigenvalue weighted by Crippen LogP contribution is 2.20. The Morgan fingerprint density at radius 3 is 2.57 bits per heavy atom. The molecule has 0 fully saturated rings. The summed E-state index contributed by atoms with van der Waals surface area (Å²) in [5.74, 6) is 0.645. The van der Waals surface area contributed by atoms with Gasteiger partial charge in [0.05, 0.1) is 11.4 Å². The van der Waals surface area contributed by atoms with E-state index in [0.29, 0.717) is 16.6 Å². The second-order valence-corrected chi connectivity index (χ2v) is 7.51. The smallest absolute Gasteiger partial charge is 0.251 e. The minimum atomic E-state index is -0.283. The summed E-state index contributed by atoms with van der Waals surface area (Å²) in [6.45, 7) is 0.171. The van der Waals surface area contributed by atoms with Crippen LogP contribution in [-0.2, 0) is 11.4 Å². The standard InChI is InChI=1S/C23H19N3O3S/c27-21-13-19(14-29-20-8-2-1-3-9-20)25-23(26-21)30-15-22(28)24-18-11-10-16-6-4-5-7-17(16)12-18/h1-13H,14-15H2,(H,24,28)(H,25,26,27). The molecule has 0 atom stereocenters. The zero-order valence-corrected chi connectivity index (χ0v) is 16.8. The van der Waals surface area contributed by atoms with Crippen molar-refractivity contribution in [2.75, 3.05) is 11.1 Å². The molecule has 1 heterocycles. The SMILES string of the molecule is O=C(CSc1nc(COc2ccccc2)cc(=O)[nH]1)Nc1ccc2ccccc2c1. The van der Waals surface area contributed by atoms with E-state index in [1.165, 1.54) is 17.8 Å². The molecule has 0 spiro atoms. The second kappa shape index (κ2) is 9.28. The number of hydrogen-bond acceptors (Lipinski definition) is 5. The van der Waals surface area contributed by atoms with Gasteiger partial charge in [0.1, 0.15) is 12.4 Å². The van der Waals surface area contributed by atoms with Gasteiger partial charge >= 0.3 is 0 Å². The minimum Gasteiger partial charge on any atom is -0.487 e. The van der Waals surface area contributed by atoms with Crippen LogP contribution in [0, 0.1) is 0 Å². The molecule has 2 N–H and O–H groups in total. The number of amides is 1. The van der Waals surface area contributed by atoms with Crippen LogP contribution in [0.4, 0.5) is 5.69 Å². The number of H-pyrrole nitrogens is 1. The number of nitrogens with zero attached hydrogens (tertiary/aromatic N) is 1. The Kier molecular flexibility index (Phi) is 6.10. The van der Waals surface area contributed by atoms with E-state index in [2.05, 4.69) is 15.3 Å². The first kappa shape index (κ1) is 19.7. The molecule has 0 bridgehead atoms. The molecule has 0 unspecified atom stereocenters. The lowest BCUT2D eigenvalue weighted by molar-refractivity contribution is -0.113. The predicted octanol–water partition coefficient (Wildman–Crippen LogP) is 4.23. The van der Waals surface area contributed by atoms with Crippen molar-refractivity contribution in [1.29, 1.82) is 0 Å². The molecule has 1 amide bonds. The number of aromatic nitrogens is 2. The van der Waals surface area contributed by atoms with Crippen LogP contribution in [0.2, 0.25) is 0 Å². The van der Waals surface area contributed by atoms with Crippen LogP contribution in [0.1, 0.15) is 5.69 Å². The molecule has 1 aromatic heterocycles. The number of carbonyl (C=O) groups excluding carboxylic acids is 1. The third-order valence-corrected chi connectivity index (χ3v) is 5.15. The molecule has 0 radical (unpaired) electrons. The molecule has 4 rings (SSSR count). The third kappa shape index (κ3) is 5.27. The minimum absolute atomic E-state index is 0.124. The molecule has 150 valence electrons. The summed E-state index contributed by atoms with van der Waals surface area (Å²) in [6, 6.07) is 24.4. The highest BCUT2D eigenvalue weighted by atomic mass is 32.2. The monoisotopic (exact) mass is 417 g/mol. The third-order valence-electron chi connectivity index (χ3n) is 4.28. The van der Waals surface area contributed by atoms with Crippen molar-refractivity contribution < 1.29 is 9.53 Å². The summed E-state index contributed by atoms with van der Waals surface area (Å²) < 4.78 is 5.64. The normalized spacial score (nSPS) is 10.7. The maximum atomic E-state index is 12.3. The molecule has 4 aromatic rings. The molecule has 0 aliphatic heterocycles. The highest BCUT2D eigenvalue weighted by Gasteiger charge is 2.08. The van der Waals surface area contributed by atoms with Crippen LogP contribution in [0.5, 0.6) is 5.75 Å². The predicted molar refractivity (Wildman–Crippen MR) is 119 cm³/mol. The van der Waals surface area contributed by atoms with Crippen LogP contribution in [0.15, 0.2) is 88.8 Å². The second-order valence-electron chi connectivity index (χ2n) is 6.54. The van der Waals surface area contributed by atoms with E-state index < -0.39 is 0 Å². The Morgan fingerprint density at radius 1 is 0.967 bits per heavy atom. The largest absolute Gasteiger partial charge is 0.487 e. The molecule has 3 aromatic carbocycles. The van der Waals surface area contributed by atoms with E-state index in [1.54, 1.807) is 0 Å².